The maximum absolute atomic E-state index is 12.9. The number of hydrogen-bond donors (Lipinski definition) is 2. The smallest absolute Gasteiger partial charge is 0.341 e. The number of amides is 1. The molecule has 0 aliphatic heterocycles. The number of anilines is 1. The first-order valence-corrected chi connectivity index (χ1v) is 10.7. The van der Waals surface area contributed by atoms with Crippen LogP contribution in [0.2, 0.25) is 0 Å². The molecule has 0 saturated carbocycles. The third-order valence-electron chi connectivity index (χ3n) is 5.29. The second-order valence-corrected chi connectivity index (χ2v) is 8.81. The zero-order valence-corrected chi connectivity index (χ0v) is 17.1. The van der Waals surface area contributed by atoms with Crippen LogP contribution in [-0.4, -0.2) is 29.1 Å². The molecule has 0 aromatic carbocycles. The number of aryl methyl sites for hydroxylation is 1. The number of rotatable bonds is 5. The lowest BCUT2D eigenvalue weighted by Crippen LogP contribution is -2.34. The van der Waals surface area contributed by atoms with Gasteiger partial charge in [0.25, 0.3) is 0 Å². The zero-order chi connectivity index (χ0) is 20.3. The van der Waals surface area contributed by atoms with Crippen molar-refractivity contribution in [2.24, 2.45) is 11.8 Å². The van der Waals surface area contributed by atoms with Crippen molar-refractivity contribution in [2.75, 3.05) is 5.32 Å². The number of ether oxygens (including phenoxy) is 1. The molecule has 152 valence electrons. The van der Waals surface area contributed by atoms with Crippen LogP contribution in [-0.2, 0) is 27.2 Å². The van der Waals surface area contributed by atoms with Crippen LogP contribution in [0.25, 0.3) is 0 Å². The van der Waals surface area contributed by atoms with Crippen LogP contribution in [0, 0.1) is 11.8 Å². The molecule has 0 unspecified atom stereocenters. The van der Waals surface area contributed by atoms with E-state index in [0.717, 1.165) is 42.5 Å². The van der Waals surface area contributed by atoms with Gasteiger partial charge in [0.15, 0.2) is 0 Å². The van der Waals surface area contributed by atoms with Crippen LogP contribution < -0.4 is 5.32 Å². The zero-order valence-electron chi connectivity index (χ0n) is 16.3. The average Bonchev–Trinajstić information content (AvgIpc) is 2.81. The third kappa shape index (κ3) is 4.46. The monoisotopic (exact) mass is 405 g/mol. The van der Waals surface area contributed by atoms with Gasteiger partial charge in [-0.25, -0.2) is 4.79 Å². The number of carboxylic acids is 1. The molecule has 1 amide bonds. The van der Waals surface area contributed by atoms with Crippen molar-refractivity contribution in [3.8, 4) is 0 Å². The average molecular weight is 406 g/mol. The van der Waals surface area contributed by atoms with Gasteiger partial charge in [0.1, 0.15) is 5.00 Å². The Balaban J connectivity index is 1.90. The van der Waals surface area contributed by atoms with E-state index >= 15 is 0 Å². The van der Waals surface area contributed by atoms with Crippen molar-refractivity contribution in [3.05, 3.63) is 28.2 Å². The van der Waals surface area contributed by atoms with Crippen molar-refractivity contribution < 1.29 is 24.2 Å². The number of hydrogen-bond acceptors (Lipinski definition) is 5. The molecule has 0 bridgehead atoms. The normalized spacial score (nSPS) is 21.7. The highest BCUT2D eigenvalue weighted by Crippen LogP contribution is 2.39. The summed E-state index contributed by atoms with van der Waals surface area (Å²) in [5.41, 5.74) is 1.45. The van der Waals surface area contributed by atoms with Crippen LogP contribution in [0.5, 0.6) is 0 Å². The number of aliphatic carboxylic acids is 1. The first kappa shape index (κ1) is 20.6. The Hall–Kier alpha value is -2.15. The summed E-state index contributed by atoms with van der Waals surface area (Å²) >= 11 is 1.43. The predicted octanol–water partition coefficient (Wildman–Crippen LogP) is 4.19. The Morgan fingerprint density at radius 3 is 2.46 bits per heavy atom. The van der Waals surface area contributed by atoms with Crippen molar-refractivity contribution in [3.63, 3.8) is 0 Å². The molecule has 2 N–H and O–H groups in total. The summed E-state index contributed by atoms with van der Waals surface area (Å²) in [6.45, 7) is 3.60. The van der Waals surface area contributed by atoms with Gasteiger partial charge < -0.3 is 15.2 Å². The minimum absolute atomic E-state index is 0.253. The minimum Gasteiger partial charge on any atom is -0.481 e. The van der Waals surface area contributed by atoms with E-state index in [1.165, 1.54) is 11.3 Å². The Labute approximate surface area is 169 Å². The van der Waals surface area contributed by atoms with Crippen molar-refractivity contribution in [2.45, 2.75) is 64.9 Å². The van der Waals surface area contributed by atoms with Crippen molar-refractivity contribution in [1.29, 1.82) is 0 Å². The fraction of sp³-hybridized carbons (Fsp3) is 0.571. The number of allylic oxidation sites excluding steroid dienone is 2. The maximum atomic E-state index is 12.9. The molecule has 0 fully saturated rings. The van der Waals surface area contributed by atoms with Gasteiger partial charge in [0.2, 0.25) is 5.91 Å². The van der Waals surface area contributed by atoms with Crippen molar-refractivity contribution >= 4 is 34.2 Å². The van der Waals surface area contributed by atoms with Gasteiger partial charge in [-0.3, -0.25) is 9.59 Å². The quantitative estimate of drug-likeness (QED) is 0.435. The molecule has 2 aliphatic carbocycles. The first-order chi connectivity index (χ1) is 13.4. The summed E-state index contributed by atoms with van der Waals surface area (Å²) in [7, 11) is 0. The van der Waals surface area contributed by atoms with Crippen LogP contribution >= 0.6 is 11.3 Å². The standard InChI is InChI=1S/C21H27NO5S/c1-12(2)27-21(26)17-15-10-4-3-5-11-16(15)28-19(17)22-18(23)13-8-6-7-9-14(13)20(24)25/h6-7,12-14H,3-5,8-11H2,1-2H3,(H,22,23)(H,24,25)/t13-,14-/m0/s1. The lowest BCUT2D eigenvalue weighted by molar-refractivity contribution is -0.146. The number of fused-ring (bicyclic) bond motifs is 1. The van der Waals surface area contributed by atoms with Crippen LogP contribution in [0.4, 0.5) is 5.00 Å². The van der Waals surface area contributed by atoms with Crippen molar-refractivity contribution in [1.82, 2.24) is 0 Å². The molecule has 1 aromatic heterocycles. The van der Waals surface area contributed by atoms with Crippen LogP contribution in [0.3, 0.4) is 0 Å². The summed E-state index contributed by atoms with van der Waals surface area (Å²) in [6.07, 6.45) is 9.02. The highest BCUT2D eigenvalue weighted by molar-refractivity contribution is 7.17. The summed E-state index contributed by atoms with van der Waals surface area (Å²) < 4.78 is 5.44. The highest BCUT2D eigenvalue weighted by atomic mass is 32.1. The van der Waals surface area contributed by atoms with Gasteiger partial charge in [-0.15, -0.1) is 11.3 Å². The molecule has 7 heteroatoms. The molecule has 2 aliphatic rings. The van der Waals surface area contributed by atoms with E-state index in [4.69, 9.17) is 4.74 Å². The number of carboxylic acid groups (broad SMARTS) is 1. The molecule has 1 aromatic rings. The van der Waals surface area contributed by atoms with Gasteiger partial charge >= 0.3 is 11.9 Å². The maximum Gasteiger partial charge on any atom is 0.341 e. The molecular weight excluding hydrogens is 378 g/mol. The molecule has 1 heterocycles. The largest absolute Gasteiger partial charge is 0.481 e. The van der Waals surface area contributed by atoms with Gasteiger partial charge in [0.05, 0.1) is 23.5 Å². The number of carbonyl (C=O) groups excluding carboxylic acids is 2. The molecule has 0 radical (unpaired) electrons. The first-order valence-electron chi connectivity index (χ1n) is 9.92. The fourth-order valence-electron chi connectivity index (χ4n) is 3.90. The van der Waals surface area contributed by atoms with Gasteiger partial charge in [-0.1, -0.05) is 18.6 Å². The van der Waals surface area contributed by atoms with E-state index in [1.807, 2.05) is 6.08 Å². The van der Waals surface area contributed by atoms with Gasteiger partial charge in [-0.05, 0) is 57.9 Å². The van der Waals surface area contributed by atoms with E-state index in [0.29, 0.717) is 23.4 Å². The Bertz CT molecular complexity index is 795. The summed E-state index contributed by atoms with van der Waals surface area (Å²) in [6, 6.07) is 0. The van der Waals surface area contributed by atoms with E-state index in [-0.39, 0.29) is 12.0 Å². The SMILES string of the molecule is CC(C)OC(=O)c1c(NC(=O)[C@H]2CC=CC[C@@H]2C(=O)O)sc2c1CCCCC2. The number of carbonyl (C=O) groups is 3. The third-order valence-corrected chi connectivity index (χ3v) is 6.50. The molecule has 0 spiro atoms. The van der Waals surface area contributed by atoms with Crippen LogP contribution in [0.15, 0.2) is 12.2 Å². The topological polar surface area (TPSA) is 92.7 Å². The summed E-state index contributed by atoms with van der Waals surface area (Å²) in [5, 5.41) is 12.8. The number of esters is 1. The minimum atomic E-state index is -0.967. The number of nitrogens with one attached hydrogen (secondary N) is 1. The molecule has 0 saturated heterocycles. The van der Waals surface area contributed by atoms with E-state index in [9.17, 15) is 19.5 Å². The van der Waals surface area contributed by atoms with Crippen LogP contribution in [0.1, 0.15) is 66.8 Å². The Morgan fingerprint density at radius 1 is 1.11 bits per heavy atom. The second kappa shape index (κ2) is 8.90. The van der Waals surface area contributed by atoms with E-state index in [2.05, 4.69) is 5.32 Å². The summed E-state index contributed by atoms with van der Waals surface area (Å²) in [4.78, 5) is 38.3. The molecule has 28 heavy (non-hydrogen) atoms. The van der Waals surface area contributed by atoms with Gasteiger partial charge in [-0.2, -0.15) is 0 Å². The molecule has 3 rings (SSSR count). The summed E-state index contributed by atoms with van der Waals surface area (Å²) in [5.74, 6) is -3.10. The highest BCUT2D eigenvalue weighted by Gasteiger charge is 2.35. The number of thiophene rings is 1. The second-order valence-electron chi connectivity index (χ2n) is 7.71. The molecular formula is C21H27NO5S. The lowest BCUT2D eigenvalue weighted by atomic mass is 9.82. The molecule has 6 nitrogen and oxygen atoms in total. The van der Waals surface area contributed by atoms with E-state index in [1.54, 1.807) is 19.9 Å². The van der Waals surface area contributed by atoms with E-state index < -0.39 is 23.8 Å². The Kier molecular flexibility index (Phi) is 6.54. The Morgan fingerprint density at radius 2 is 1.79 bits per heavy atom. The predicted molar refractivity (Wildman–Crippen MR) is 108 cm³/mol. The van der Waals surface area contributed by atoms with Gasteiger partial charge in [0, 0.05) is 4.88 Å². The lowest BCUT2D eigenvalue weighted by Gasteiger charge is -2.24. The fourth-order valence-corrected chi connectivity index (χ4v) is 5.18. The molecule has 2 atom stereocenters.